The minimum Gasteiger partial charge on any atom is -0.444 e. The van der Waals surface area contributed by atoms with E-state index in [0.717, 1.165) is 55.2 Å². The third kappa shape index (κ3) is 13.0. The van der Waals surface area contributed by atoms with Crippen molar-refractivity contribution in [3.63, 3.8) is 0 Å². The van der Waals surface area contributed by atoms with Crippen LogP contribution in [-0.2, 0) is 19.1 Å². The van der Waals surface area contributed by atoms with Crippen molar-refractivity contribution in [1.29, 1.82) is 0 Å². The first kappa shape index (κ1) is 35.9. The number of hydrogen-bond donors (Lipinski definition) is 3. The largest absolute Gasteiger partial charge is 0.444 e. The molecular formula is C32H54N4O5. The number of carbonyl (C=O) groups is 4. The van der Waals surface area contributed by atoms with Crippen LogP contribution in [0.1, 0.15) is 122 Å². The Hall–Kier alpha value is -3.10. The van der Waals surface area contributed by atoms with Gasteiger partial charge in [-0.05, 0) is 77.5 Å². The van der Waals surface area contributed by atoms with Gasteiger partial charge in [0.25, 0.3) is 0 Å². The van der Waals surface area contributed by atoms with Crippen LogP contribution in [0.2, 0.25) is 0 Å². The maximum absolute atomic E-state index is 14.4. The fourth-order valence-corrected chi connectivity index (χ4v) is 4.96. The van der Waals surface area contributed by atoms with E-state index in [1.807, 2.05) is 39.0 Å². The van der Waals surface area contributed by atoms with Crippen LogP contribution in [0.3, 0.4) is 0 Å². The first-order chi connectivity index (χ1) is 19.2. The van der Waals surface area contributed by atoms with E-state index in [0.29, 0.717) is 13.0 Å². The van der Waals surface area contributed by atoms with Gasteiger partial charge in [-0.1, -0.05) is 64.2 Å². The van der Waals surface area contributed by atoms with Gasteiger partial charge in [0.2, 0.25) is 17.7 Å². The molecule has 0 aliphatic heterocycles. The predicted octanol–water partition coefficient (Wildman–Crippen LogP) is 5.61. The number of nitrogens with one attached hydrogen (secondary N) is 2. The molecule has 0 saturated heterocycles. The standard InChI is InChI=1S/C32H54N4O5/c1-9-11-12-13-14-21-36(30(39)25(19-20-26(33)37)35-31(40)41-32(6,7)8)28(29(38)34-24(5)16-10-2)27-22(3)17-15-18-23(27)4/h15,17-18,24-25,28H,9-14,16,19-21H2,1-8H3,(H2,33,37)(H,34,38)(H,35,40). The van der Waals surface area contributed by atoms with Crippen LogP contribution in [0.4, 0.5) is 4.79 Å². The summed E-state index contributed by atoms with van der Waals surface area (Å²) in [5.74, 6) is -1.30. The van der Waals surface area contributed by atoms with Crippen molar-refractivity contribution in [3.05, 3.63) is 34.9 Å². The molecule has 0 spiro atoms. The average Bonchev–Trinajstić information content (AvgIpc) is 2.85. The van der Waals surface area contributed by atoms with Crippen LogP contribution in [0, 0.1) is 13.8 Å². The maximum atomic E-state index is 14.4. The number of amides is 4. The third-order valence-corrected chi connectivity index (χ3v) is 6.94. The van der Waals surface area contributed by atoms with Gasteiger partial charge in [-0.25, -0.2) is 4.79 Å². The van der Waals surface area contributed by atoms with E-state index >= 15 is 0 Å². The predicted molar refractivity (Wildman–Crippen MR) is 163 cm³/mol. The number of rotatable bonds is 17. The molecule has 0 radical (unpaired) electrons. The monoisotopic (exact) mass is 574 g/mol. The van der Waals surface area contributed by atoms with Crippen LogP contribution >= 0.6 is 0 Å². The van der Waals surface area contributed by atoms with Crippen molar-refractivity contribution in [3.8, 4) is 0 Å². The van der Waals surface area contributed by atoms with E-state index in [1.165, 1.54) is 0 Å². The lowest BCUT2D eigenvalue weighted by Gasteiger charge is -2.36. The number of aryl methyl sites for hydroxylation is 2. The molecule has 0 heterocycles. The summed E-state index contributed by atoms with van der Waals surface area (Å²) in [6.07, 6.45) is 5.61. The van der Waals surface area contributed by atoms with Gasteiger partial charge in [0, 0.05) is 19.0 Å². The number of primary amides is 1. The Balaban J connectivity index is 3.61. The molecule has 0 aromatic heterocycles. The Morgan fingerprint density at radius 1 is 0.927 bits per heavy atom. The van der Waals surface area contributed by atoms with Crippen molar-refractivity contribution in [2.24, 2.45) is 5.73 Å². The second-order valence-corrected chi connectivity index (χ2v) is 12.1. The van der Waals surface area contributed by atoms with Crippen LogP contribution in [-0.4, -0.2) is 52.9 Å². The van der Waals surface area contributed by atoms with Crippen molar-refractivity contribution in [1.82, 2.24) is 15.5 Å². The summed E-state index contributed by atoms with van der Waals surface area (Å²) in [5, 5.41) is 5.79. The van der Waals surface area contributed by atoms with Crippen LogP contribution < -0.4 is 16.4 Å². The molecular weight excluding hydrogens is 520 g/mol. The highest BCUT2D eigenvalue weighted by Gasteiger charge is 2.37. The van der Waals surface area contributed by atoms with Crippen molar-refractivity contribution in [2.45, 2.75) is 137 Å². The Bertz CT molecular complexity index is 984. The Kier molecular flexibility index (Phi) is 15.5. The number of carbonyl (C=O) groups excluding carboxylic acids is 4. The summed E-state index contributed by atoms with van der Waals surface area (Å²) < 4.78 is 5.42. The Morgan fingerprint density at radius 2 is 1.54 bits per heavy atom. The molecule has 9 heteroatoms. The number of hydrogen-bond acceptors (Lipinski definition) is 5. The van der Waals surface area contributed by atoms with Gasteiger partial charge >= 0.3 is 6.09 Å². The molecule has 1 rings (SSSR count). The molecule has 0 bridgehead atoms. The summed E-state index contributed by atoms with van der Waals surface area (Å²) in [6, 6.07) is 3.72. The fourth-order valence-electron chi connectivity index (χ4n) is 4.96. The zero-order valence-electron chi connectivity index (χ0n) is 26.6. The molecule has 1 aromatic rings. The molecule has 3 atom stereocenters. The lowest BCUT2D eigenvalue weighted by molar-refractivity contribution is -0.143. The zero-order chi connectivity index (χ0) is 31.2. The van der Waals surface area contributed by atoms with E-state index in [2.05, 4.69) is 24.5 Å². The molecule has 3 unspecified atom stereocenters. The van der Waals surface area contributed by atoms with Gasteiger partial charge in [0.15, 0.2) is 0 Å². The number of unbranched alkanes of at least 4 members (excludes halogenated alkanes) is 4. The quantitative estimate of drug-likeness (QED) is 0.208. The van der Waals surface area contributed by atoms with E-state index < -0.39 is 35.6 Å². The number of alkyl carbamates (subject to hydrolysis) is 1. The number of benzene rings is 1. The first-order valence-corrected chi connectivity index (χ1v) is 15.2. The molecule has 0 fully saturated rings. The summed E-state index contributed by atoms with van der Waals surface area (Å²) in [7, 11) is 0. The smallest absolute Gasteiger partial charge is 0.408 e. The maximum Gasteiger partial charge on any atom is 0.408 e. The second-order valence-electron chi connectivity index (χ2n) is 12.1. The number of nitrogens with two attached hydrogens (primary N) is 1. The molecule has 0 aliphatic rings. The van der Waals surface area contributed by atoms with Gasteiger partial charge in [0.05, 0.1) is 0 Å². The van der Waals surface area contributed by atoms with Gasteiger partial charge in [-0.3, -0.25) is 14.4 Å². The van der Waals surface area contributed by atoms with E-state index in [-0.39, 0.29) is 24.8 Å². The summed E-state index contributed by atoms with van der Waals surface area (Å²) in [4.78, 5) is 54.4. The molecule has 0 aliphatic carbocycles. The average molecular weight is 575 g/mol. The van der Waals surface area contributed by atoms with Gasteiger partial charge in [-0.15, -0.1) is 0 Å². The molecule has 232 valence electrons. The highest BCUT2D eigenvalue weighted by Crippen LogP contribution is 2.30. The first-order valence-electron chi connectivity index (χ1n) is 15.2. The normalized spacial score (nSPS) is 13.6. The minimum absolute atomic E-state index is 0.00687. The highest BCUT2D eigenvalue weighted by atomic mass is 16.6. The van der Waals surface area contributed by atoms with Crippen molar-refractivity contribution >= 4 is 23.8 Å². The molecule has 9 nitrogen and oxygen atoms in total. The lowest BCUT2D eigenvalue weighted by atomic mass is 9.92. The molecule has 41 heavy (non-hydrogen) atoms. The fraction of sp³-hybridized carbons (Fsp3) is 0.688. The number of nitrogens with zero attached hydrogens (tertiary/aromatic N) is 1. The van der Waals surface area contributed by atoms with Crippen LogP contribution in [0.25, 0.3) is 0 Å². The van der Waals surface area contributed by atoms with Crippen molar-refractivity contribution in [2.75, 3.05) is 6.54 Å². The van der Waals surface area contributed by atoms with E-state index in [9.17, 15) is 19.2 Å². The lowest BCUT2D eigenvalue weighted by Crippen LogP contribution is -2.54. The third-order valence-electron chi connectivity index (χ3n) is 6.94. The van der Waals surface area contributed by atoms with Gasteiger partial charge in [0.1, 0.15) is 17.7 Å². The Labute approximate surface area is 247 Å². The highest BCUT2D eigenvalue weighted by molar-refractivity contribution is 5.93. The zero-order valence-corrected chi connectivity index (χ0v) is 26.6. The van der Waals surface area contributed by atoms with Crippen molar-refractivity contribution < 1.29 is 23.9 Å². The topological polar surface area (TPSA) is 131 Å². The summed E-state index contributed by atoms with van der Waals surface area (Å²) in [6.45, 7) is 15.5. The Morgan fingerprint density at radius 3 is 2.07 bits per heavy atom. The molecule has 0 saturated carbocycles. The van der Waals surface area contributed by atoms with Crippen LogP contribution in [0.5, 0.6) is 0 Å². The molecule has 1 aromatic carbocycles. The van der Waals surface area contributed by atoms with E-state index in [1.54, 1.807) is 25.7 Å². The van der Waals surface area contributed by atoms with Crippen LogP contribution in [0.15, 0.2) is 18.2 Å². The van der Waals surface area contributed by atoms with Gasteiger partial charge < -0.3 is 26.0 Å². The summed E-state index contributed by atoms with van der Waals surface area (Å²) in [5.41, 5.74) is 7.20. The second kappa shape index (κ2) is 17.7. The number of ether oxygens (including phenoxy) is 1. The minimum atomic E-state index is -1.10. The molecule has 4 N–H and O–H groups in total. The van der Waals surface area contributed by atoms with Gasteiger partial charge in [-0.2, -0.15) is 0 Å². The SMILES string of the molecule is CCCCCCCN(C(=O)C(CCC(N)=O)NC(=O)OC(C)(C)C)C(C(=O)NC(C)CCC)c1c(C)cccc1C. The summed E-state index contributed by atoms with van der Waals surface area (Å²) >= 11 is 0. The molecule has 4 amide bonds. The van der Waals surface area contributed by atoms with E-state index in [4.69, 9.17) is 10.5 Å².